The summed E-state index contributed by atoms with van der Waals surface area (Å²) < 4.78 is 6.19. The average molecular weight is 496 g/mol. The van der Waals surface area contributed by atoms with Crippen molar-refractivity contribution in [2.75, 3.05) is 57.5 Å². The number of rotatable bonds is 5. The molecule has 1 aliphatic carbocycles. The maximum Gasteiger partial charge on any atom is 0.198 e. The molecular weight excluding hydrogens is 466 g/mol. The lowest BCUT2D eigenvalue weighted by molar-refractivity contribution is 0.103. The lowest BCUT2D eigenvalue weighted by atomic mass is 10.1. The van der Waals surface area contributed by atoms with Crippen LogP contribution in [0, 0.1) is 0 Å². The Kier molecular flexibility index (Phi) is 5.84. The zero-order chi connectivity index (χ0) is 25.5. The number of piperazine rings is 1. The summed E-state index contributed by atoms with van der Waals surface area (Å²) in [5.41, 5.74) is 5.86. The van der Waals surface area contributed by atoms with Gasteiger partial charge in [0.25, 0.3) is 0 Å². The number of ketones is 1. The first kappa shape index (κ1) is 23.2. The number of carbonyl (C=O) groups is 1. The van der Waals surface area contributed by atoms with Gasteiger partial charge in [-0.2, -0.15) is 0 Å². The van der Waals surface area contributed by atoms with E-state index in [0.29, 0.717) is 23.6 Å². The molecule has 0 radical (unpaired) electrons. The molecule has 0 amide bonds. The number of nitrogens with one attached hydrogen (secondary N) is 1. The van der Waals surface area contributed by atoms with Crippen molar-refractivity contribution in [3.05, 3.63) is 72.0 Å². The molecule has 6 rings (SSSR count). The van der Waals surface area contributed by atoms with Crippen LogP contribution in [-0.4, -0.2) is 77.9 Å². The van der Waals surface area contributed by atoms with Gasteiger partial charge in [0.1, 0.15) is 0 Å². The molecule has 0 saturated carbocycles. The van der Waals surface area contributed by atoms with Crippen LogP contribution in [0.15, 0.2) is 65.2 Å². The van der Waals surface area contributed by atoms with Crippen LogP contribution in [0.1, 0.15) is 15.9 Å². The Balaban J connectivity index is 1.32. The third-order valence-electron chi connectivity index (χ3n) is 6.91. The van der Waals surface area contributed by atoms with E-state index in [1.807, 2.05) is 61.9 Å². The fourth-order valence-electron chi connectivity index (χ4n) is 4.96. The van der Waals surface area contributed by atoms with E-state index in [0.717, 1.165) is 65.3 Å². The second kappa shape index (κ2) is 9.33. The number of allylic oxidation sites excluding steroid dienone is 1. The van der Waals surface area contributed by atoms with E-state index in [-0.39, 0.29) is 5.78 Å². The number of likely N-dealkylation sites (N-methyl/N-ethyl adjacent to an activating group) is 1. The molecule has 9 nitrogen and oxygen atoms in total. The van der Waals surface area contributed by atoms with E-state index in [9.17, 15) is 4.79 Å². The molecule has 4 heterocycles. The lowest BCUT2D eigenvalue weighted by Crippen LogP contribution is -2.44. The van der Waals surface area contributed by atoms with Gasteiger partial charge in [0.15, 0.2) is 23.0 Å². The Labute approximate surface area is 215 Å². The molecule has 1 fully saturated rings. The van der Waals surface area contributed by atoms with Crippen molar-refractivity contribution in [3.8, 4) is 11.6 Å². The monoisotopic (exact) mass is 495 g/mol. The molecule has 3 aromatic heterocycles. The number of benzene rings is 1. The minimum atomic E-state index is 0.0876. The molecule has 37 heavy (non-hydrogen) atoms. The molecule has 9 heteroatoms. The molecule has 4 aromatic rings. The second-order valence-corrected chi connectivity index (χ2v) is 9.85. The van der Waals surface area contributed by atoms with Gasteiger partial charge >= 0.3 is 0 Å². The molecule has 2 aliphatic rings. The van der Waals surface area contributed by atoms with Crippen LogP contribution in [-0.2, 0) is 6.42 Å². The van der Waals surface area contributed by atoms with E-state index in [4.69, 9.17) is 4.42 Å². The summed E-state index contributed by atoms with van der Waals surface area (Å²) in [6.45, 7) is 3.94. The van der Waals surface area contributed by atoms with Crippen LogP contribution >= 0.6 is 0 Å². The Morgan fingerprint density at radius 1 is 1.05 bits per heavy atom. The average Bonchev–Trinajstić information content (AvgIpc) is 3.41. The van der Waals surface area contributed by atoms with Crippen LogP contribution < -0.4 is 10.2 Å². The fraction of sp³-hybridized carbons (Fsp3) is 0.286. The number of fused-ring (bicyclic) bond motifs is 2. The Hall–Kier alpha value is -4.24. The molecule has 0 bridgehead atoms. The predicted octanol–water partition coefficient (Wildman–Crippen LogP) is 3.96. The van der Waals surface area contributed by atoms with Crippen molar-refractivity contribution < 1.29 is 9.21 Å². The molecule has 0 unspecified atom stereocenters. The van der Waals surface area contributed by atoms with Crippen molar-refractivity contribution >= 4 is 33.8 Å². The number of hydrogen-bond acceptors (Lipinski definition) is 9. The van der Waals surface area contributed by atoms with Gasteiger partial charge in [0, 0.05) is 81.3 Å². The van der Waals surface area contributed by atoms with E-state index in [1.54, 1.807) is 12.4 Å². The van der Waals surface area contributed by atoms with Crippen molar-refractivity contribution in [1.82, 2.24) is 24.8 Å². The number of Topliss-reactive ketones (excluding diaryl/α,β-unsaturated/α-hetero) is 1. The highest BCUT2D eigenvalue weighted by Gasteiger charge is 2.26. The van der Waals surface area contributed by atoms with Gasteiger partial charge in [-0.15, -0.1) is 0 Å². The topological polar surface area (TPSA) is 90.6 Å². The Bertz CT molecular complexity index is 1500. The van der Waals surface area contributed by atoms with Gasteiger partial charge in [-0.1, -0.05) is 0 Å². The zero-order valence-corrected chi connectivity index (χ0v) is 21.2. The van der Waals surface area contributed by atoms with Crippen LogP contribution in [0.25, 0.3) is 22.6 Å². The third-order valence-corrected chi connectivity index (χ3v) is 6.91. The maximum atomic E-state index is 12.8. The molecule has 1 aromatic carbocycles. The number of carbonyl (C=O) groups excluding carboxylic acids is 1. The van der Waals surface area contributed by atoms with Crippen LogP contribution in [0.4, 0.5) is 17.1 Å². The predicted molar refractivity (Wildman–Crippen MR) is 144 cm³/mol. The quantitative estimate of drug-likeness (QED) is 0.413. The van der Waals surface area contributed by atoms with Gasteiger partial charge in [-0.05, 0) is 36.9 Å². The maximum absolute atomic E-state index is 12.8. The van der Waals surface area contributed by atoms with Crippen molar-refractivity contribution in [3.63, 3.8) is 0 Å². The molecular formula is C28H29N7O2. The van der Waals surface area contributed by atoms with Crippen molar-refractivity contribution in [2.24, 2.45) is 0 Å². The highest BCUT2D eigenvalue weighted by atomic mass is 16.3. The fourth-order valence-corrected chi connectivity index (χ4v) is 4.96. The summed E-state index contributed by atoms with van der Waals surface area (Å²) in [7, 11) is 5.99. The standard InChI is InChI=1S/C28H29N7O2/c1-33(2)17-19-12-18-13-20(4-5-22(18)26(19)36)32-25-23-6-7-29-16-24(23)37-27(25)28-30-14-21(15-31-28)35-10-8-34(3)9-11-35/h4-7,13-17,32H,8-12H2,1-3H3. The first-order chi connectivity index (χ1) is 18.0. The largest absolute Gasteiger partial charge is 0.449 e. The normalized spacial score (nSPS) is 17.0. The third kappa shape index (κ3) is 4.42. The van der Waals surface area contributed by atoms with Gasteiger partial charge < -0.3 is 24.4 Å². The van der Waals surface area contributed by atoms with Crippen LogP contribution in [0.5, 0.6) is 0 Å². The molecule has 0 spiro atoms. The van der Waals surface area contributed by atoms with Crippen LogP contribution in [0.2, 0.25) is 0 Å². The first-order valence-electron chi connectivity index (χ1n) is 12.4. The summed E-state index contributed by atoms with van der Waals surface area (Å²) in [5.74, 6) is 1.14. The van der Waals surface area contributed by atoms with Gasteiger partial charge in [0.2, 0.25) is 0 Å². The molecule has 1 saturated heterocycles. The number of hydrogen-bond donors (Lipinski definition) is 1. The molecule has 0 atom stereocenters. The van der Waals surface area contributed by atoms with Crippen LogP contribution in [0.3, 0.4) is 0 Å². The minimum Gasteiger partial charge on any atom is -0.449 e. The smallest absolute Gasteiger partial charge is 0.198 e. The van der Waals surface area contributed by atoms with Gasteiger partial charge in [-0.3, -0.25) is 9.78 Å². The molecule has 1 N–H and O–H groups in total. The number of furan rings is 1. The SMILES string of the molecule is CN(C)C=C1Cc2cc(Nc3c(-c4ncc(N5CCN(C)CC5)cn4)oc4cnccc34)ccc2C1=O. The summed E-state index contributed by atoms with van der Waals surface area (Å²) in [6, 6.07) is 7.76. The first-order valence-corrected chi connectivity index (χ1v) is 12.4. The van der Waals surface area contributed by atoms with E-state index in [2.05, 4.69) is 37.1 Å². The summed E-state index contributed by atoms with van der Waals surface area (Å²) >= 11 is 0. The summed E-state index contributed by atoms with van der Waals surface area (Å²) in [4.78, 5) is 32.9. The summed E-state index contributed by atoms with van der Waals surface area (Å²) in [6.07, 6.45) is 9.67. The van der Waals surface area contributed by atoms with E-state index in [1.165, 1.54) is 0 Å². The second-order valence-electron chi connectivity index (χ2n) is 9.85. The Morgan fingerprint density at radius 3 is 2.59 bits per heavy atom. The lowest BCUT2D eigenvalue weighted by Gasteiger charge is -2.33. The Morgan fingerprint density at radius 2 is 1.84 bits per heavy atom. The number of aromatic nitrogens is 3. The number of pyridine rings is 1. The van der Waals surface area contributed by atoms with E-state index < -0.39 is 0 Å². The van der Waals surface area contributed by atoms with E-state index >= 15 is 0 Å². The number of anilines is 3. The summed E-state index contributed by atoms with van der Waals surface area (Å²) in [5, 5.41) is 4.41. The van der Waals surface area contributed by atoms with Crippen molar-refractivity contribution in [2.45, 2.75) is 6.42 Å². The van der Waals surface area contributed by atoms with Gasteiger partial charge in [-0.25, -0.2) is 9.97 Å². The zero-order valence-electron chi connectivity index (χ0n) is 21.2. The van der Waals surface area contributed by atoms with Gasteiger partial charge in [0.05, 0.1) is 30.0 Å². The molecule has 1 aliphatic heterocycles. The van der Waals surface area contributed by atoms with Crippen molar-refractivity contribution in [1.29, 1.82) is 0 Å². The number of nitrogens with zero attached hydrogens (tertiary/aromatic N) is 6. The highest BCUT2D eigenvalue weighted by Crippen LogP contribution is 2.39. The molecule has 188 valence electrons. The highest BCUT2D eigenvalue weighted by molar-refractivity contribution is 6.13. The minimum absolute atomic E-state index is 0.0876.